The highest BCUT2D eigenvalue weighted by Gasteiger charge is 2.32. The smallest absolute Gasteiger partial charge is 0.333 e. The van der Waals surface area contributed by atoms with Gasteiger partial charge in [-0.1, -0.05) is 12.7 Å². The highest BCUT2D eigenvalue weighted by Crippen LogP contribution is 2.21. The van der Waals surface area contributed by atoms with Crippen LogP contribution in [0.25, 0.3) is 0 Å². The monoisotopic (exact) mass is 195 g/mol. The van der Waals surface area contributed by atoms with Gasteiger partial charge >= 0.3 is 5.97 Å². The molecule has 14 heavy (non-hydrogen) atoms. The van der Waals surface area contributed by atoms with Crippen molar-refractivity contribution in [2.24, 2.45) is 5.92 Å². The fraction of sp³-hybridized carbons (Fsp3) is 0.400. The number of carbonyl (C=O) groups is 2. The molecule has 76 valence electrons. The van der Waals surface area contributed by atoms with Gasteiger partial charge in [0.2, 0.25) is 0 Å². The normalized spacial score (nSPS) is 20.7. The first-order valence-electron chi connectivity index (χ1n) is 4.45. The van der Waals surface area contributed by atoms with Gasteiger partial charge in [0, 0.05) is 12.0 Å². The third-order valence-corrected chi connectivity index (χ3v) is 2.09. The van der Waals surface area contributed by atoms with Gasteiger partial charge in [0.1, 0.15) is 0 Å². The molecule has 1 aliphatic heterocycles. The summed E-state index contributed by atoms with van der Waals surface area (Å²) < 4.78 is 0. The average molecular weight is 195 g/mol. The molecule has 4 heteroatoms. The second kappa shape index (κ2) is 4.60. The lowest BCUT2D eigenvalue weighted by atomic mass is 10.1. The molecule has 0 saturated carbocycles. The summed E-state index contributed by atoms with van der Waals surface area (Å²) in [6.45, 7) is 7.28. The van der Waals surface area contributed by atoms with Gasteiger partial charge in [-0.3, -0.25) is 4.79 Å². The van der Waals surface area contributed by atoms with E-state index in [2.05, 4.69) is 13.2 Å². The number of rotatable bonds is 4. The van der Waals surface area contributed by atoms with Crippen LogP contribution < -0.4 is 0 Å². The van der Waals surface area contributed by atoms with Crippen LogP contribution in [-0.4, -0.2) is 23.5 Å². The molecule has 0 aromatic rings. The molecule has 1 fully saturated rings. The fourth-order valence-corrected chi connectivity index (χ4v) is 1.37. The summed E-state index contributed by atoms with van der Waals surface area (Å²) >= 11 is 0. The second-order valence-electron chi connectivity index (χ2n) is 3.06. The van der Waals surface area contributed by atoms with Crippen LogP contribution in [0.15, 0.2) is 25.3 Å². The average Bonchev–Trinajstić information content (AvgIpc) is 2.50. The summed E-state index contributed by atoms with van der Waals surface area (Å²) in [5.74, 6) is -0.845. The molecule has 1 heterocycles. The molecule has 0 radical (unpaired) electrons. The van der Waals surface area contributed by atoms with Gasteiger partial charge in [-0.05, 0) is 12.8 Å². The van der Waals surface area contributed by atoms with Crippen molar-refractivity contribution in [3.05, 3.63) is 25.3 Å². The van der Waals surface area contributed by atoms with Gasteiger partial charge in [-0.2, -0.15) is 5.06 Å². The van der Waals surface area contributed by atoms with Crippen LogP contribution in [0, 0.1) is 5.92 Å². The summed E-state index contributed by atoms with van der Waals surface area (Å²) in [5.41, 5.74) is 0. The lowest BCUT2D eigenvalue weighted by molar-refractivity contribution is -0.189. The molecule has 0 spiro atoms. The Morgan fingerprint density at radius 1 is 1.64 bits per heavy atom. The van der Waals surface area contributed by atoms with Crippen molar-refractivity contribution >= 4 is 11.9 Å². The number of allylic oxidation sites excluding steroid dienone is 1. The van der Waals surface area contributed by atoms with Crippen LogP contribution >= 0.6 is 0 Å². The molecule has 0 aliphatic carbocycles. The summed E-state index contributed by atoms with van der Waals surface area (Å²) in [6.07, 6.45) is 4.06. The minimum atomic E-state index is -0.599. The van der Waals surface area contributed by atoms with E-state index in [1.165, 1.54) is 0 Å². The number of carbonyl (C=O) groups excluding carboxylic acids is 2. The SMILES string of the molecule is C=CCC1CCN(OC(=O)C=C)C1=O. The number of hydrogen-bond acceptors (Lipinski definition) is 3. The van der Waals surface area contributed by atoms with E-state index in [4.69, 9.17) is 4.84 Å². The van der Waals surface area contributed by atoms with Crippen LogP contribution in [-0.2, 0) is 14.4 Å². The van der Waals surface area contributed by atoms with E-state index in [1.807, 2.05) is 0 Å². The minimum Gasteiger partial charge on any atom is -0.333 e. The zero-order valence-electron chi connectivity index (χ0n) is 7.94. The zero-order chi connectivity index (χ0) is 10.6. The van der Waals surface area contributed by atoms with Crippen LogP contribution in [0.4, 0.5) is 0 Å². The molecule has 1 atom stereocenters. The van der Waals surface area contributed by atoms with E-state index in [-0.39, 0.29) is 11.8 Å². The Balaban J connectivity index is 2.50. The molecule has 1 amide bonds. The molecular weight excluding hydrogens is 182 g/mol. The molecule has 1 rings (SSSR count). The number of hydroxylamine groups is 2. The van der Waals surface area contributed by atoms with Crippen molar-refractivity contribution in [3.63, 3.8) is 0 Å². The topological polar surface area (TPSA) is 46.6 Å². The quantitative estimate of drug-likeness (QED) is 0.497. The van der Waals surface area contributed by atoms with Crippen molar-refractivity contribution in [2.45, 2.75) is 12.8 Å². The first-order valence-corrected chi connectivity index (χ1v) is 4.45. The van der Waals surface area contributed by atoms with Crippen molar-refractivity contribution in [1.29, 1.82) is 0 Å². The number of amides is 1. The third-order valence-electron chi connectivity index (χ3n) is 2.09. The lowest BCUT2D eigenvalue weighted by Crippen LogP contribution is -2.29. The summed E-state index contributed by atoms with van der Waals surface area (Å²) in [4.78, 5) is 27.1. The Bertz CT molecular complexity index is 273. The third kappa shape index (κ3) is 2.22. The van der Waals surface area contributed by atoms with Crippen molar-refractivity contribution in [2.75, 3.05) is 6.54 Å². The first-order chi connectivity index (χ1) is 6.69. The molecule has 0 bridgehead atoms. The Labute approximate surface area is 82.8 Å². The molecule has 0 N–H and O–H groups in total. The van der Waals surface area contributed by atoms with Crippen LogP contribution in [0.2, 0.25) is 0 Å². The van der Waals surface area contributed by atoms with Gasteiger partial charge in [-0.25, -0.2) is 4.79 Å². The fourth-order valence-electron chi connectivity index (χ4n) is 1.37. The number of hydrogen-bond donors (Lipinski definition) is 0. The summed E-state index contributed by atoms with van der Waals surface area (Å²) in [5, 5.41) is 1.10. The highest BCUT2D eigenvalue weighted by molar-refractivity contribution is 5.85. The van der Waals surface area contributed by atoms with Crippen LogP contribution in [0.5, 0.6) is 0 Å². The predicted octanol–water partition coefficient (Wildman–Crippen LogP) is 1.06. The summed E-state index contributed by atoms with van der Waals surface area (Å²) in [6, 6.07) is 0. The van der Waals surface area contributed by atoms with Crippen molar-refractivity contribution in [1.82, 2.24) is 5.06 Å². The van der Waals surface area contributed by atoms with Gasteiger partial charge < -0.3 is 4.84 Å². The molecular formula is C10H13NO3. The van der Waals surface area contributed by atoms with Gasteiger partial charge in [0.25, 0.3) is 5.91 Å². The molecule has 1 aliphatic rings. The largest absolute Gasteiger partial charge is 0.355 e. The molecule has 1 unspecified atom stereocenters. The van der Waals surface area contributed by atoms with Crippen molar-refractivity contribution in [3.8, 4) is 0 Å². The standard InChI is InChI=1S/C10H13NO3/c1-3-5-8-6-7-11(10(8)13)14-9(12)4-2/h3-4,8H,1-2,5-7H2. The lowest BCUT2D eigenvalue weighted by Gasteiger charge is -2.13. The van der Waals surface area contributed by atoms with Gasteiger partial charge in [0.15, 0.2) is 0 Å². The van der Waals surface area contributed by atoms with Gasteiger partial charge in [0.05, 0.1) is 6.54 Å². The van der Waals surface area contributed by atoms with Crippen LogP contribution in [0.3, 0.4) is 0 Å². The van der Waals surface area contributed by atoms with E-state index in [0.29, 0.717) is 19.4 Å². The molecule has 4 nitrogen and oxygen atoms in total. The van der Waals surface area contributed by atoms with E-state index in [0.717, 1.165) is 11.1 Å². The van der Waals surface area contributed by atoms with E-state index in [9.17, 15) is 9.59 Å². The second-order valence-corrected chi connectivity index (χ2v) is 3.06. The molecule has 0 aromatic heterocycles. The van der Waals surface area contributed by atoms with E-state index in [1.54, 1.807) is 6.08 Å². The highest BCUT2D eigenvalue weighted by atomic mass is 16.7. The Hall–Kier alpha value is -1.58. The predicted molar refractivity (Wildman–Crippen MR) is 50.9 cm³/mol. The summed E-state index contributed by atoms with van der Waals surface area (Å²) in [7, 11) is 0. The van der Waals surface area contributed by atoms with Crippen LogP contribution in [0.1, 0.15) is 12.8 Å². The minimum absolute atomic E-state index is 0.0925. The zero-order valence-corrected chi connectivity index (χ0v) is 7.94. The van der Waals surface area contributed by atoms with E-state index < -0.39 is 5.97 Å². The maximum atomic E-state index is 11.5. The Morgan fingerprint density at radius 2 is 2.36 bits per heavy atom. The van der Waals surface area contributed by atoms with Crippen molar-refractivity contribution < 1.29 is 14.4 Å². The maximum absolute atomic E-state index is 11.5. The van der Waals surface area contributed by atoms with E-state index >= 15 is 0 Å². The number of nitrogens with zero attached hydrogens (tertiary/aromatic N) is 1. The Morgan fingerprint density at radius 3 is 2.93 bits per heavy atom. The molecule has 1 saturated heterocycles. The Kier molecular flexibility index (Phi) is 3.45. The van der Waals surface area contributed by atoms with Gasteiger partial charge in [-0.15, -0.1) is 6.58 Å². The first kappa shape index (κ1) is 10.5. The molecule has 0 aromatic carbocycles. The maximum Gasteiger partial charge on any atom is 0.355 e.